The lowest BCUT2D eigenvalue weighted by molar-refractivity contribution is -0.384. The number of hydrogen-bond acceptors (Lipinski definition) is 4. The van der Waals surface area contributed by atoms with Gasteiger partial charge >= 0.3 is 6.03 Å². The van der Waals surface area contributed by atoms with Crippen molar-refractivity contribution in [3.05, 3.63) is 118 Å². The second-order valence-corrected chi connectivity index (χ2v) is 10.0. The summed E-state index contributed by atoms with van der Waals surface area (Å²) in [6, 6.07) is 23.8. The third kappa shape index (κ3) is 4.72. The third-order valence-electron chi connectivity index (χ3n) is 7.06. The lowest BCUT2D eigenvalue weighted by atomic mass is 9.97. The van der Waals surface area contributed by atoms with Crippen molar-refractivity contribution in [3.63, 3.8) is 0 Å². The van der Waals surface area contributed by atoms with Crippen LogP contribution in [0.5, 0.6) is 0 Å². The minimum Gasteiger partial charge on any atom is -0.316 e. The lowest BCUT2D eigenvalue weighted by Crippen LogP contribution is -2.48. The van der Waals surface area contributed by atoms with E-state index < -0.39 is 17.0 Å². The van der Waals surface area contributed by atoms with Crippen molar-refractivity contribution >= 4 is 40.6 Å². The van der Waals surface area contributed by atoms with Gasteiger partial charge < -0.3 is 14.8 Å². The first kappa shape index (κ1) is 24.7. The third-order valence-corrected chi connectivity index (χ3v) is 7.31. The number of nitrogens with one attached hydrogen (secondary N) is 1. The van der Waals surface area contributed by atoms with Crippen molar-refractivity contribution in [1.82, 2.24) is 9.47 Å². The number of anilines is 2. The predicted octanol–water partition coefficient (Wildman–Crippen LogP) is 6.17. The van der Waals surface area contributed by atoms with E-state index in [1.807, 2.05) is 66.9 Å². The number of fused-ring (bicyclic) bond motifs is 3. The number of carbonyl (C=O) groups is 2. The van der Waals surface area contributed by atoms with Crippen LogP contribution in [0, 0.1) is 10.1 Å². The van der Waals surface area contributed by atoms with Crippen LogP contribution >= 0.6 is 11.6 Å². The van der Waals surface area contributed by atoms with E-state index in [1.54, 1.807) is 9.80 Å². The van der Waals surface area contributed by atoms with Crippen molar-refractivity contribution in [2.24, 2.45) is 0 Å². The van der Waals surface area contributed by atoms with Gasteiger partial charge in [-0.1, -0.05) is 35.9 Å². The Balaban J connectivity index is 1.32. The second kappa shape index (κ2) is 9.92. The average Bonchev–Trinajstić information content (AvgIpc) is 3.66. The molecule has 4 aromatic rings. The molecule has 1 aromatic heterocycles. The molecule has 2 aliphatic rings. The number of nitro groups is 1. The number of aromatic nitrogens is 1. The molecule has 2 heterocycles. The van der Waals surface area contributed by atoms with Crippen LogP contribution in [0.25, 0.3) is 5.69 Å². The maximum Gasteiger partial charge on any atom is 0.322 e. The molecule has 1 atom stereocenters. The Labute approximate surface area is 229 Å². The number of hydrogen-bond donors (Lipinski definition) is 1. The zero-order valence-corrected chi connectivity index (χ0v) is 21.5. The summed E-state index contributed by atoms with van der Waals surface area (Å²) in [5.41, 5.74) is 3.81. The van der Waals surface area contributed by atoms with E-state index in [9.17, 15) is 19.7 Å². The standard InChI is InChI=1S/C29H24ClN5O4/c30-20-9-7-19(8-10-20)28-26-6-3-17-32(26)24-4-1-2-5-25(24)34(28)27(36)18-33(22-15-16-22)29(37)31-21-11-13-23(14-12-21)35(38)39/h1-14,17,22,28H,15-16,18H2,(H,31,37)/t28-/m0/s1. The van der Waals surface area contributed by atoms with Crippen LogP contribution in [0.15, 0.2) is 91.1 Å². The second-order valence-electron chi connectivity index (χ2n) is 9.60. The molecule has 0 radical (unpaired) electrons. The highest BCUT2D eigenvalue weighted by Crippen LogP contribution is 2.42. The highest BCUT2D eigenvalue weighted by molar-refractivity contribution is 6.30. The molecule has 196 valence electrons. The predicted molar refractivity (Wildman–Crippen MR) is 148 cm³/mol. The molecule has 39 heavy (non-hydrogen) atoms. The summed E-state index contributed by atoms with van der Waals surface area (Å²) in [5.74, 6) is -0.222. The zero-order chi connectivity index (χ0) is 27.1. The average molecular weight is 542 g/mol. The zero-order valence-electron chi connectivity index (χ0n) is 20.7. The molecular formula is C29H24ClN5O4. The fourth-order valence-corrected chi connectivity index (χ4v) is 5.19. The first-order valence-corrected chi connectivity index (χ1v) is 12.9. The van der Waals surface area contributed by atoms with Crippen molar-refractivity contribution < 1.29 is 14.5 Å². The van der Waals surface area contributed by atoms with E-state index >= 15 is 0 Å². The number of halogens is 1. The summed E-state index contributed by atoms with van der Waals surface area (Å²) in [4.78, 5) is 41.3. The van der Waals surface area contributed by atoms with Gasteiger partial charge in [-0.15, -0.1) is 0 Å². The minimum absolute atomic E-state index is 0.0510. The Morgan fingerprint density at radius 3 is 2.31 bits per heavy atom. The molecule has 0 saturated heterocycles. The topological polar surface area (TPSA) is 101 Å². The first-order valence-electron chi connectivity index (χ1n) is 12.6. The molecule has 10 heteroatoms. The number of nitro benzene ring substituents is 1. The highest BCUT2D eigenvalue weighted by atomic mass is 35.5. The van der Waals surface area contributed by atoms with Crippen LogP contribution in [0.4, 0.5) is 21.9 Å². The SMILES string of the molecule is O=C(Nc1ccc([N+](=O)[O-])cc1)N(CC(=O)N1c2ccccc2-n2cccc2[C@@H]1c1ccc(Cl)cc1)C1CC1. The number of rotatable bonds is 6. The molecule has 0 unspecified atom stereocenters. The molecular weight excluding hydrogens is 518 g/mol. The summed E-state index contributed by atoms with van der Waals surface area (Å²) in [7, 11) is 0. The van der Waals surface area contributed by atoms with Gasteiger partial charge in [-0.3, -0.25) is 19.8 Å². The fourth-order valence-electron chi connectivity index (χ4n) is 5.06. The van der Waals surface area contributed by atoms with Gasteiger partial charge in [0, 0.05) is 35.1 Å². The molecule has 1 saturated carbocycles. The van der Waals surface area contributed by atoms with Crippen molar-refractivity contribution in [2.75, 3.05) is 16.8 Å². The van der Waals surface area contributed by atoms with Crippen LogP contribution in [0.2, 0.25) is 5.02 Å². The highest BCUT2D eigenvalue weighted by Gasteiger charge is 2.40. The van der Waals surface area contributed by atoms with Gasteiger partial charge in [-0.05, 0) is 66.9 Å². The molecule has 1 fully saturated rings. The van der Waals surface area contributed by atoms with Gasteiger partial charge in [-0.25, -0.2) is 4.79 Å². The van der Waals surface area contributed by atoms with E-state index in [1.165, 1.54) is 24.3 Å². The first-order chi connectivity index (χ1) is 18.9. The van der Waals surface area contributed by atoms with Crippen LogP contribution < -0.4 is 10.2 Å². The summed E-state index contributed by atoms with van der Waals surface area (Å²) < 4.78 is 2.08. The van der Waals surface area contributed by atoms with Crippen LogP contribution in [0.3, 0.4) is 0 Å². The van der Waals surface area contributed by atoms with Crippen molar-refractivity contribution in [2.45, 2.75) is 24.9 Å². The van der Waals surface area contributed by atoms with Crippen LogP contribution in [-0.2, 0) is 4.79 Å². The molecule has 3 aromatic carbocycles. The number of para-hydroxylation sites is 2. The number of amides is 3. The Morgan fingerprint density at radius 1 is 0.949 bits per heavy atom. The van der Waals surface area contributed by atoms with E-state index in [0.29, 0.717) is 10.7 Å². The Bertz CT molecular complexity index is 1560. The van der Waals surface area contributed by atoms with Crippen LogP contribution in [-0.4, -0.2) is 38.9 Å². The number of benzene rings is 3. The number of carbonyl (C=O) groups excluding carboxylic acids is 2. The Morgan fingerprint density at radius 2 is 1.64 bits per heavy atom. The van der Waals surface area contributed by atoms with Gasteiger partial charge in [0.05, 0.1) is 22.0 Å². The normalized spacial score (nSPS) is 15.7. The number of non-ortho nitro benzene ring substituents is 1. The molecule has 1 aliphatic carbocycles. The molecule has 0 bridgehead atoms. The maximum absolute atomic E-state index is 14.2. The summed E-state index contributed by atoms with van der Waals surface area (Å²) in [6.45, 7) is -0.122. The Kier molecular flexibility index (Phi) is 6.28. The molecule has 0 spiro atoms. The quantitative estimate of drug-likeness (QED) is 0.233. The maximum atomic E-state index is 14.2. The van der Waals surface area contributed by atoms with Gasteiger partial charge in [-0.2, -0.15) is 0 Å². The summed E-state index contributed by atoms with van der Waals surface area (Å²) in [5, 5.41) is 14.4. The fraction of sp³-hybridized carbons (Fsp3) is 0.172. The molecule has 9 nitrogen and oxygen atoms in total. The lowest BCUT2D eigenvalue weighted by Gasteiger charge is -2.39. The molecule has 1 N–H and O–H groups in total. The molecule has 6 rings (SSSR count). The van der Waals surface area contributed by atoms with E-state index in [-0.39, 0.29) is 24.2 Å². The van der Waals surface area contributed by atoms with E-state index in [4.69, 9.17) is 11.6 Å². The number of urea groups is 1. The van der Waals surface area contributed by atoms with Gasteiger partial charge in [0.15, 0.2) is 0 Å². The van der Waals surface area contributed by atoms with Gasteiger partial charge in [0.2, 0.25) is 5.91 Å². The van der Waals surface area contributed by atoms with E-state index in [0.717, 1.165) is 35.5 Å². The van der Waals surface area contributed by atoms with Crippen molar-refractivity contribution in [3.8, 4) is 5.69 Å². The Hall–Kier alpha value is -4.63. The van der Waals surface area contributed by atoms with Gasteiger partial charge in [0.1, 0.15) is 12.6 Å². The summed E-state index contributed by atoms with van der Waals surface area (Å²) >= 11 is 6.18. The van der Waals surface area contributed by atoms with Crippen LogP contribution in [0.1, 0.15) is 30.1 Å². The summed E-state index contributed by atoms with van der Waals surface area (Å²) in [6.07, 6.45) is 3.59. The molecule has 1 aliphatic heterocycles. The van der Waals surface area contributed by atoms with Gasteiger partial charge in [0.25, 0.3) is 5.69 Å². The minimum atomic E-state index is -0.495. The smallest absolute Gasteiger partial charge is 0.316 e. The largest absolute Gasteiger partial charge is 0.322 e. The van der Waals surface area contributed by atoms with E-state index in [2.05, 4.69) is 9.88 Å². The van der Waals surface area contributed by atoms with Crippen molar-refractivity contribution in [1.29, 1.82) is 0 Å². The molecule has 3 amide bonds. The number of nitrogens with zero attached hydrogens (tertiary/aromatic N) is 4. The monoisotopic (exact) mass is 541 g/mol.